The lowest BCUT2D eigenvalue weighted by Gasteiger charge is -2.22. The maximum atomic E-state index is 13.4. The minimum absolute atomic E-state index is 0.0664. The third kappa shape index (κ3) is 7.67. The Bertz CT molecular complexity index is 1460. The molecule has 8 nitrogen and oxygen atoms in total. The fourth-order valence-electron chi connectivity index (χ4n) is 4.41. The van der Waals surface area contributed by atoms with Crippen LogP contribution in [0.15, 0.2) is 88.7 Å². The Hall–Kier alpha value is -2.76. The molecule has 208 valence electrons. The van der Waals surface area contributed by atoms with Gasteiger partial charge in [-0.15, -0.1) is 0 Å². The molecule has 1 saturated heterocycles. The molecule has 0 aromatic heterocycles. The fraction of sp³-hybridized carbons (Fsp3) is 0.321. The van der Waals surface area contributed by atoms with E-state index in [4.69, 9.17) is 11.6 Å². The first-order valence-corrected chi connectivity index (χ1v) is 16.1. The number of benzene rings is 3. The molecule has 0 bridgehead atoms. The van der Waals surface area contributed by atoms with Crippen LogP contribution >= 0.6 is 11.6 Å². The van der Waals surface area contributed by atoms with E-state index in [0.29, 0.717) is 31.0 Å². The molecule has 1 amide bonds. The van der Waals surface area contributed by atoms with Crippen LogP contribution in [0.25, 0.3) is 0 Å². The zero-order chi connectivity index (χ0) is 27.9. The summed E-state index contributed by atoms with van der Waals surface area (Å²) < 4.78 is 54.8. The Balaban J connectivity index is 1.36. The molecular formula is C28H32ClN3O5S2. The van der Waals surface area contributed by atoms with E-state index < -0.39 is 26.0 Å². The highest BCUT2D eigenvalue weighted by atomic mass is 35.5. The van der Waals surface area contributed by atoms with Gasteiger partial charge in [0.05, 0.1) is 16.3 Å². The summed E-state index contributed by atoms with van der Waals surface area (Å²) in [6.07, 6.45) is 2.68. The van der Waals surface area contributed by atoms with Gasteiger partial charge in [-0.1, -0.05) is 54.1 Å². The maximum Gasteiger partial charge on any atom is 0.243 e. The van der Waals surface area contributed by atoms with Crippen LogP contribution in [0.3, 0.4) is 0 Å². The van der Waals surface area contributed by atoms with Gasteiger partial charge in [-0.05, 0) is 73.2 Å². The van der Waals surface area contributed by atoms with Gasteiger partial charge < -0.3 is 5.32 Å². The van der Waals surface area contributed by atoms with Crippen molar-refractivity contribution in [2.75, 3.05) is 32.7 Å². The molecule has 1 fully saturated rings. The Morgan fingerprint density at radius 3 is 2.03 bits per heavy atom. The van der Waals surface area contributed by atoms with Crippen molar-refractivity contribution in [1.82, 2.24) is 13.9 Å². The molecule has 3 aromatic rings. The lowest BCUT2D eigenvalue weighted by atomic mass is 10.1. The van der Waals surface area contributed by atoms with Crippen LogP contribution in [-0.4, -0.2) is 64.1 Å². The molecule has 39 heavy (non-hydrogen) atoms. The molecule has 1 N–H and O–H groups in total. The molecule has 0 unspecified atom stereocenters. The van der Waals surface area contributed by atoms with Gasteiger partial charge in [-0.3, -0.25) is 4.79 Å². The minimum Gasteiger partial charge on any atom is -0.355 e. The Morgan fingerprint density at radius 1 is 0.795 bits per heavy atom. The number of rotatable bonds is 12. The summed E-state index contributed by atoms with van der Waals surface area (Å²) in [6.45, 7) is 1.18. The molecule has 0 atom stereocenters. The number of nitrogens with zero attached hydrogens (tertiary/aromatic N) is 2. The first kappa shape index (κ1) is 29.2. The Labute approximate surface area is 235 Å². The van der Waals surface area contributed by atoms with Gasteiger partial charge in [-0.25, -0.2) is 16.8 Å². The second-order valence-electron chi connectivity index (χ2n) is 9.38. The van der Waals surface area contributed by atoms with Crippen molar-refractivity contribution in [2.24, 2.45) is 0 Å². The normalized spacial score (nSPS) is 14.5. The van der Waals surface area contributed by atoms with E-state index >= 15 is 0 Å². The average Bonchev–Trinajstić information content (AvgIpc) is 3.48. The van der Waals surface area contributed by atoms with Gasteiger partial charge in [-0.2, -0.15) is 8.61 Å². The number of amides is 1. The predicted octanol–water partition coefficient (Wildman–Crippen LogP) is 3.72. The summed E-state index contributed by atoms with van der Waals surface area (Å²) in [5.74, 6) is -0.422. The number of hydrogen-bond donors (Lipinski definition) is 1. The van der Waals surface area contributed by atoms with E-state index in [9.17, 15) is 21.6 Å². The molecule has 11 heteroatoms. The van der Waals surface area contributed by atoms with E-state index in [2.05, 4.69) is 5.32 Å². The molecule has 1 aliphatic heterocycles. The van der Waals surface area contributed by atoms with E-state index in [1.165, 1.54) is 32.9 Å². The van der Waals surface area contributed by atoms with Crippen molar-refractivity contribution in [2.45, 2.75) is 35.5 Å². The van der Waals surface area contributed by atoms with Crippen LogP contribution in [0.1, 0.15) is 24.0 Å². The topological polar surface area (TPSA) is 104 Å². The van der Waals surface area contributed by atoms with Crippen molar-refractivity contribution in [3.63, 3.8) is 0 Å². The maximum absolute atomic E-state index is 13.4. The monoisotopic (exact) mass is 589 g/mol. The molecule has 1 aliphatic rings. The van der Waals surface area contributed by atoms with Crippen LogP contribution in [0.2, 0.25) is 5.02 Å². The van der Waals surface area contributed by atoms with E-state index in [1.54, 1.807) is 24.3 Å². The van der Waals surface area contributed by atoms with Gasteiger partial charge >= 0.3 is 0 Å². The molecule has 3 aromatic carbocycles. The molecule has 0 spiro atoms. The first-order chi connectivity index (χ1) is 18.7. The lowest BCUT2D eigenvalue weighted by Crippen LogP contribution is -2.42. The quantitative estimate of drug-likeness (QED) is 0.347. The summed E-state index contributed by atoms with van der Waals surface area (Å²) in [4.78, 5) is 13.1. The number of halogens is 1. The average molecular weight is 590 g/mol. The minimum atomic E-state index is -3.93. The fourth-order valence-corrected chi connectivity index (χ4v) is 7.45. The second kappa shape index (κ2) is 13.1. The first-order valence-electron chi connectivity index (χ1n) is 12.8. The molecule has 0 radical (unpaired) electrons. The number of nitrogens with one attached hydrogen (secondary N) is 1. The van der Waals surface area contributed by atoms with E-state index in [0.717, 1.165) is 24.0 Å². The van der Waals surface area contributed by atoms with Gasteiger partial charge in [0.25, 0.3) is 0 Å². The summed E-state index contributed by atoms with van der Waals surface area (Å²) in [6, 6.07) is 22.0. The highest BCUT2D eigenvalue weighted by molar-refractivity contribution is 7.89. The highest BCUT2D eigenvalue weighted by Gasteiger charge is 2.28. The number of hydrogen-bond acceptors (Lipinski definition) is 5. The van der Waals surface area contributed by atoms with E-state index in [-0.39, 0.29) is 29.4 Å². The lowest BCUT2D eigenvalue weighted by molar-refractivity contribution is -0.121. The van der Waals surface area contributed by atoms with Gasteiger partial charge in [0.15, 0.2) is 0 Å². The highest BCUT2D eigenvalue weighted by Crippen LogP contribution is 2.22. The summed E-state index contributed by atoms with van der Waals surface area (Å²) in [7, 11) is -7.41. The summed E-state index contributed by atoms with van der Waals surface area (Å²) in [5.41, 5.74) is 1.83. The Morgan fingerprint density at radius 2 is 1.38 bits per heavy atom. The third-order valence-electron chi connectivity index (χ3n) is 6.63. The van der Waals surface area contributed by atoms with Gasteiger partial charge in [0, 0.05) is 31.2 Å². The van der Waals surface area contributed by atoms with E-state index in [1.807, 2.05) is 30.3 Å². The molecule has 0 saturated carbocycles. The SMILES string of the molecule is O=C(CN(CCc1ccccc1)S(=O)(=O)c1ccc(Cl)cc1)NCCc1ccc(S(=O)(=O)N2CCCC2)cc1. The zero-order valence-electron chi connectivity index (χ0n) is 21.5. The van der Waals surface area contributed by atoms with Crippen molar-refractivity contribution < 1.29 is 21.6 Å². The third-order valence-corrected chi connectivity index (χ3v) is 10.7. The molecule has 4 rings (SSSR count). The smallest absolute Gasteiger partial charge is 0.243 e. The second-order valence-corrected chi connectivity index (χ2v) is 13.7. The van der Waals surface area contributed by atoms with Crippen molar-refractivity contribution >= 4 is 37.6 Å². The van der Waals surface area contributed by atoms with Gasteiger partial charge in [0.1, 0.15) is 0 Å². The largest absolute Gasteiger partial charge is 0.355 e. The van der Waals surface area contributed by atoms with Gasteiger partial charge in [0.2, 0.25) is 26.0 Å². The number of sulfonamides is 2. The van der Waals surface area contributed by atoms with Crippen molar-refractivity contribution in [3.05, 3.63) is 95.0 Å². The van der Waals surface area contributed by atoms with Crippen molar-refractivity contribution in [1.29, 1.82) is 0 Å². The Kier molecular flexibility index (Phi) is 9.79. The molecule has 1 heterocycles. The van der Waals surface area contributed by atoms with Crippen LogP contribution in [0.4, 0.5) is 0 Å². The zero-order valence-corrected chi connectivity index (χ0v) is 23.9. The summed E-state index contributed by atoms with van der Waals surface area (Å²) in [5, 5.41) is 3.21. The standard InChI is InChI=1S/C28H32ClN3O5S2/c29-25-10-14-27(15-11-25)39(36,37)32(21-17-23-6-2-1-3-7-23)22-28(33)30-18-16-24-8-12-26(13-9-24)38(34,35)31-19-4-5-20-31/h1-3,6-15H,4-5,16-22H2,(H,30,33). The van der Waals surface area contributed by atoms with Crippen LogP contribution in [0, 0.1) is 0 Å². The number of carbonyl (C=O) groups excluding carboxylic acids is 1. The van der Waals surface area contributed by atoms with Crippen molar-refractivity contribution in [3.8, 4) is 0 Å². The molecular weight excluding hydrogens is 558 g/mol. The summed E-state index contributed by atoms with van der Waals surface area (Å²) >= 11 is 5.93. The molecule has 0 aliphatic carbocycles. The number of carbonyl (C=O) groups is 1. The van der Waals surface area contributed by atoms with Crippen LogP contribution < -0.4 is 5.32 Å². The van der Waals surface area contributed by atoms with Crippen LogP contribution in [0.5, 0.6) is 0 Å². The van der Waals surface area contributed by atoms with Crippen LogP contribution in [-0.2, 0) is 37.7 Å². The predicted molar refractivity (Wildman–Crippen MR) is 152 cm³/mol.